The van der Waals surface area contributed by atoms with Crippen molar-refractivity contribution in [2.45, 2.75) is 4.90 Å². The largest absolute Gasteiger partial charge is 0.496 e. The summed E-state index contributed by atoms with van der Waals surface area (Å²) in [5, 5.41) is 0.250. The summed E-state index contributed by atoms with van der Waals surface area (Å²) in [6.07, 6.45) is 0. The Labute approximate surface area is 150 Å². The SMILES string of the molecule is COC(=O)c1ccc(NS(=O)(=O)c2cc(Cl)ccc2OC)cc1OC. The number of carbonyl (C=O) groups excluding carboxylic acids is 1. The van der Waals surface area contributed by atoms with Crippen molar-refractivity contribution in [1.29, 1.82) is 0 Å². The van der Waals surface area contributed by atoms with Gasteiger partial charge in [-0.2, -0.15) is 0 Å². The minimum absolute atomic E-state index is 0.112. The predicted octanol–water partition coefficient (Wildman–Crippen LogP) is 2.94. The van der Waals surface area contributed by atoms with E-state index in [9.17, 15) is 13.2 Å². The van der Waals surface area contributed by atoms with Gasteiger partial charge in [0.1, 0.15) is 22.0 Å². The summed E-state index contributed by atoms with van der Waals surface area (Å²) in [7, 11) is -0.0148. The average molecular weight is 386 g/mol. The molecular formula is C16H16ClNO6S. The molecule has 0 amide bonds. The van der Waals surface area contributed by atoms with Crippen LogP contribution in [0.4, 0.5) is 5.69 Å². The standard InChI is InChI=1S/C16H16ClNO6S/c1-22-13-7-4-10(17)8-15(13)25(20,21)18-11-5-6-12(16(19)24-3)14(9-11)23-2/h4-9,18H,1-3H3. The fraction of sp³-hybridized carbons (Fsp3) is 0.188. The molecule has 0 saturated carbocycles. The summed E-state index contributed by atoms with van der Waals surface area (Å²) in [5.41, 5.74) is 0.375. The zero-order chi connectivity index (χ0) is 18.6. The molecule has 0 aliphatic heterocycles. The lowest BCUT2D eigenvalue weighted by Gasteiger charge is -2.13. The topological polar surface area (TPSA) is 90.9 Å². The highest BCUT2D eigenvalue weighted by Gasteiger charge is 2.21. The molecule has 134 valence electrons. The molecule has 1 N–H and O–H groups in total. The van der Waals surface area contributed by atoms with Gasteiger partial charge < -0.3 is 14.2 Å². The number of rotatable bonds is 6. The van der Waals surface area contributed by atoms with Crippen molar-refractivity contribution in [2.75, 3.05) is 26.1 Å². The third kappa shape index (κ3) is 4.15. The number of hydrogen-bond acceptors (Lipinski definition) is 6. The van der Waals surface area contributed by atoms with Crippen LogP contribution in [-0.2, 0) is 14.8 Å². The van der Waals surface area contributed by atoms with Crippen molar-refractivity contribution in [3.8, 4) is 11.5 Å². The van der Waals surface area contributed by atoms with Gasteiger partial charge in [0.2, 0.25) is 0 Å². The Hall–Kier alpha value is -2.45. The highest BCUT2D eigenvalue weighted by molar-refractivity contribution is 7.92. The van der Waals surface area contributed by atoms with E-state index in [1.807, 2.05) is 0 Å². The number of nitrogens with one attached hydrogen (secondary N) is 1. The quantitative estimate of drug-likeness (QED) is 0.769. The van der Waals surface area contributed by atoms with Crippen molar-refractivity contribution >= 4 is 33.3 Å². The van der Waals surface area contributed by atoms with Gasteiger partial charge in [-0.05, 0) is 30.3 Å². The van der Waals surface area contributed by atoms with Gasteiger partial charge in [0.05, 0.1) is 27.0 Å². The van der Waals surface area contributed by atoms with E-state index in [0.717, 1.165) is 0 Å². The summed E-state index contributed by atoms with van der Waals surface area (Å²) in [6.45, 7) is 0. The number of benzene rings is 2. The molecule has 0 spiro atoms. The molecule has 2 aromatic carbocycles. The zero-order valence-corrected chi connectivity index (χ0v) is 15.3. The molecule has 0 aliphatic rings. The highest BCUT2D eigenvalue weighted by atomic mass is 35.5. The lowest BCUT2D eigenvalue weighted by atomic mass is 10.2. The first kappa shape index (κ1) is 18.9. The second-order valence-electron chi connectivity index (χ2n) is 4.81. The van der Waals surface area contributed by atoms with Crippen molar-refractivity contribution in [3.05, 3.63) is 47.0 Å². The van der Waals surface area contributed by atoms with Crippen LogP contribution in [0.1, 0.15) is 10.4 Å². The van der Waals surface area contributed by atoms with E-state index in [4.69, 9.17) is 21.1 Å². The number of hydrogen-bond donors (Lipinski definition) is 1. The molecule has 0 aliphatic carbocycles. The smallest absolute Gasteiger partial charge is 0.341 e. The minimum Gasteiger partial charge on any atom is -0.496 e. The number of esters is 1. The van der Waals surface area contributed by atoms with E-state index in [1.54, 1.807) is 0 Å². The Kier molecular flexibility index (Phi) is 5.76. The highest BCUT2D eigenvalue weighted by Crippen LogP contribution is 2.30. The molecule has 25 heavy (non-hydrogen) atoms. The maximum Gasteiger partial charge on any atom is 0.341 e. The number of anilines is 1. The maximum atomic E-state index is 12.6. The van der Waals surface area contributed by atoms with Crippen LogP contribution < -0.4 is 14.2 Å². The Morgan fingerprint density at radius 2 is 1.68 bits per heavy atom. The average Bonchev–Trinajstić information content (AvgIpc) is 2.60. The van der Waals surface area contributed by atoms with E-state index in [1.165, 1.54) is 57.7 Å². The van der Waals surface area contributed by atoms with Crippen molar-refractivity contribution in [2.24, 2.45) is 0 Å². The van der Waals surface area contributed by atoms with Crippen LogP contribution in [0.15, 0.2) is 41.3 Å². The van der Waals surface area contributed by atoms with E-state index in [0.29, 0.717) is 0 Å². The number of sulfonamides is 1. The predicted molar refractivity (Wildman–Crippen MR) is 93.1 cm³/mol. The second-order valence-corrected chi connectivity index (χ2v) is 6.89. The number of methoxy groups -OCH3 is 3. The summed E-state index contributed by atoms with van der Waals surface area (Å²) >= 11 is 5.88. The Morgan fingerprint density at radius 1 is 1.00 bits per heavy atom. The van der Waals surface area contributed by atoms with Gasteiger partial charge in [0, 0.05) is 11.1 Å². The monoisotopic (exact) mass is 385 g/mol. The van der Waals surface area contributed by atoms with Gasteiger partial charge in [-0.25, -0.2) is 13.2 Å². The summed E-state index contributed by atoms with van der Waals surface area (Å²) in [6, 6.07) is 8.45. The first-order chi connectivity index (χ1) is 11.8. The molecule has 7 nitrogen and oxygen atoms in total. The zero-order valence-electron chi connectivity index (χ0n) is 13.7. The van der Waals surface area contributed by atoms with E-state index < -0.39 is 16.0 Å². The second kappa shape index (κ2) is 7.62. The third-order valence-corrected chi connectivity index (χ3v) is 4.91. The molecule has 0 saturated heterocycles. The fourth-order valence-corrected chi connectivity index (χ4v) is 3.59. The first-order valence-corrected chi connectivity index (χ1v) is 8.81. The summed E-state index contributed by atoms with van der Waals surface area (Å²) < 4.78 is 42.5. The molecule has 2 aromatic rings. The van der Waals surface area contributed by atoms with Gasteiger partial charge in [-0.15, -0.1) is 0 Å². The third-order valence-electron chi connectivity index (χ3n) is 3.27. The van der Waals surface area contributed by atoms with Gasteiger partial charge in [-0.3, -0.25) is 4.72 Å². The van der Waals surface area contributed by atoms with E-state index in [-0.39, 0.29) is 32.7 Å². The van der Waals surface area contributed by atoms with Crippen LogP contribution in [0.3, 0.4) is 0 Å². The van der Waals surface area contributed by atoms with Gasteiger partial charge in [0.15, 0.2) is 0 Å². The van der Waals surface area contributed by atoms with E-state index in [2.05, 4.69) is 9.46 Å². The molecule has 0 heterocycles. The van der Waals surface area contributed by atoms with E-state index >= 15 is 0 Å². The molecule has 0 unspecified atom stereocenters. The van der Waals surface area contributed by atoms with Crippen LogP contribution in [0.2, 0.25) is 5.02 Å². The molecule has 0 bridgehead atoms. The number of carbonyl (C=O) groups is 1. The molecule has 0 atom stereocenters. The Morgan fingerprint density at radius 3 is 2.28 bits per heavy atom. The molecule has 0 radical (unpaired) electrons. The maximum absolute atomic E-state index is 12.6. The Bertz CT molecular complexity index is 897. The molecule has 2 rings (SSSR count). The molecule has 0 fully saturated rings. The summed E-state index contributed by atoms with van der Waals surface area (Å²) in [4.78, 5) is 11.5. The van der Waals surface area contributed by atoms with Crippen LogP contribution >= 0.6 is 11.6 Å². The summed E-state index contributed by atoms with van der Waals surface area (Å²) in [5.74, 6) is -0.275. The van der Waals surface area contributed by atoms with Crippen molar-refractivity contribution in [3.63, 3.8) is 0 Å². The van der Waals surface area contributed by atoms with Crippen LogP contribution in [0, 0.1) is 0 Å². The van der Waals surface area contributed by atoms with Gasteiger partial charge in [0.25, 0.3) is 10.0 Å². The lowest BCUT2D eigenvalue weighted by Crippen LogP contribution is -2.14. The fourth-order valence-electron chi connectivity index (χ4n) is 2.10. The van der Waals surface area contributed by atoms with Crippen LogP contribution in [0.5, 0.6) is 11.5 Å². The van der Waals surface area contributed by atoms with Crippen LogP contribution in [-0.4, -0.2) is 35.7 Å². The minimum atomic E-state index is -3.97. The Balaban J connectivity index is 2.42. The number of halogens is 1. The molecular weight excluding hydrogens is 370 g/mol. The van der Waals surface area contributed by atoms with Crippen molar-refractivity contribution < 1.29 is 27.4 Å². The van der Waals surface area contributed by atoms with Crippen molar-refractivity contribution in [1.82, 2.24) is 0 Å². The lowest BCUT2D eigenvalue weighted by molar-refractivity contribution is 0.0597. The first-order valence-electron chi connectivity index (χ1n) is 6.95. The van der Waals surface area contributed by atoms with Crippen LogP contribution in [0.25, 0.3) is 0 Å². The van der Waals surface area contributed by atoms with Gasteiger partial charge in [-0.1, -0.05) is 11.6 Å². The normalized spacial score (nSPS) is 10.9. The van der Waals surface area contributed by atoms with Gasteiger partial charge >= 0.3 is 5.97 Å². The molecule has 0 aromatic heterocycles. The molecule has 9 heteroatoms. The number of ether oxygens (including phenoxy) is 3.